The van der Waals surface area contributed by atoms with Crippen molar-refractivity contribution in [3.05, 3.63) is 70.7 Å². The molecule has 2 aromatic rings. The lowest BCUT2D eigenvalue weighted by Crippen LogP contribution is -2.53. The van der Waals surface area contributed by atoms with Gasteiger partial charge in [-0.05, 0) is 98.6 Å². The van der Waals surface area contributed by atoms with Gasteiger partial charge in [0.1, 0.15) is 12.4 Å². The van der Waals surface area contributed by atoms with Crippen molar-refractivity contribution in [2.24, 2.45) is 22.7 Å². The zero-order valence-electron chi connectivity index (χ0n) is 20.9. The molecule has 1 aromatic heterocycles. The molecule has 0 amide bonds. The summed E-state index contributed by atoms with van der Waals surface area (Å²) in [5.74, 6) is 0.753. The van der Waals surface area contributed by atoms with Crippen LogP contribution in [0.3, 0.4) is 0 Å². The minimum absolute atomic E-state index is 0.00146. The van der Waals surface area contributed by atoms with Crippen LogP contribution >= 0.6 is 11.6 Å². The number of benzene rings is 1. The van der Waals surface area contributed by atoms with Crippen LogP contribution in [0.2, 0.25) is 5.02 Å². The van der Waals surface area contributed by atoms with E-state index in [4.69, 9.17) is 25.5 Å². The van der Waals surface area contributed by atoms with Crippen LogP contribution in [0, 0.1) is 22.7 Å². The Balaban J connectivity index is 1.44. The molecule has 4 rings (SSSR count). The number of hydrogen-bond donors (Lipinski definition) is 0. The van der Waals surface area contributed by atoms with E-state index in [9.17, 15) is 9.59 Å². The first-order valence-corrected chi connectivity index (χ1v) is 12.8. The Hall–Kier alpha value is -2.53. The Kier molecular flexibility index (Phi) is 7.46. The molecule has 0 radical (unpaired) electrons. The number of aryl methyl sites for hydroxylation is 1. The van der Waals surface area contributed by atoms with Gasteiger partial charge in [0, 0.05) is 5.02 Å². The number of allylic oxidation sites excluding steroid dienone is 1. The van der Waals surface area contributed by atoms with Gasteiger partial charge in [0.05, 0.1) is 24.4 Å². The van der Waals surface area contributed by atoms with Gasteiger partial charge in [-0.15, -0.1) is 0 Å². The second kappa shape index (κ2) is 10.2. The summed E-state index contributed by atoms with van der Waals surface area (Å²) in [6.45, 7) is 8.96. The molecular weight excluding hydrogens is 464 g/mol. The lowest BCUT2D eigenvalue weighted by molar-refractivity contribution is -0.168. The summed E-state index contributed by atoms with van der Waals surface area (Å²) in [7, 11) is 1.50. The molecule has 0 spiro atoms. The third kappa shape index (κ3) is 4.93. The summed E-state index contributed by atoms with van der Waals surface area (Å²) in [6.07, 6.45) is 8.26. The molecular formula is C29H35ClO5. The quantitative estimate of drug-likeness (QED) is 0.299. The second-order valence-electron chi connectivity index (χ2n) is 10.6. The molecule has 6 heteroatoms. The lowest BCUT2D eigenvalue weighted by Gasteiger charge is -2.57. The Bertz CT molecular complexity index is 1090. The molecule has 0 saturated heterocycles. The molecule has 2 fully saturated rings. The van der Waals surface area contributed by atoms with Crippen LogP contribution < -0.4 is 0 Å². The number of methoxy groups -OCH3 is 1. The first-order chi connectivity index (χ1) is 16.7. The Morgan fingerprint density at radius 1 is 1.17 bits per heavy atom. The maximum absolute atomic E-state index is 12.8. The van der Waals surface area contributed by atoms with E-state index in [2.05, 4.69) is 20.4 Å². The first kappa shape index (κ1) is 25.6. The highest BCUT2D eigenvalue weighted by Crippen LogP contribution is 2.62. The maximum Gasteiger partial charge on any atom is 0.338 e. The highest BCUT2D eigenvalue weighted by Gasteiger charge is 2.57. The van der Waals surface area contributed by atoms with Crippen molar-refractivity contribution in [2.45, 2.75) is 65.4 Å². The predicted octanol–water partition coefficient (Wildman–Crippen LogP) is 7.17. The fraction of sp³-hybridized carbons (Fsp3) is 0.517. The summed E-state index contributed by atoms with van der Waals surface area (Å²) in [5, 5.41) is 0.569. The van der Waals surface area contributed by atoms with Crippen LogP contribution in [0.15, 0.2) is 53.2 Å². The number of esters is 2. The Labute approximate surface area is 212 Å². The monoisotopic (exact) mass is 498 g/mol. The summed E-state index contributed by atoms with van der Waals surface area (Å²) in [6, 6.07) is 8.57. The molecule has 0 bridgehead atoms. The summed E-state index contributed by atoms with van der Waals surface area (Å²) < 4.78 is 16.4. The molecule has 0 aliphatic heterocycles. The molecule has 2 aliphatic carbocycles. The van der Waals surface area contributed by atoms with E-state index < -0.39 is 11.4 Å². The van der Waals surface area contributed by atoms with E-state index in [-0.39, 0.29) is 23.9 Å². The normalized spacial score (nSPS) is 28.3. The summed E-state index contributed by atoms with van der Waals surface area (Å²) >= 11 is 5.90. The largest absolute Gasteiger partial charge is 0.469 e. The fourth-order valence-electron chi connectivity index (χ4n) is 6.78. The van der Waals surface area contributed by atoms with Gasteiger partial charge < -0.3 is 13.9 Å². The number of hydrogen-bond acceptors (Lipinski definition) is 5. The van der Waals surface area contributed by atoms with Gasteiger partial charge in [-0.1, -0.05) is 37.1 Å². The smallest absolute Gasteiger partial charge is 0.338 e. The molecule has 188 valence electrons. The van der Waals surface area contributed by atoms with Gasteiger partial charge in [-0.3, -0.25) is 4.79 Å². The fourth-order valence-corrected chi connectivity index (χ4v) is 6.90. The van der Waals surface area contributed by atoms with Gasteiger partial charge >= 0.3 is 11.9 Å². The van der Waals surface area contributed by atoms with Crippen molar-refractivity contribution in [3.63, 3.8) is 0 Å². The van der Waals surface area contributed by atoms with Crippen molar-refractivity contribution in [1.29, 1.82) is 0 Å². The van der Waals surface area contributed by atoms with Crippen LogP contribution in [0.4, 0.5) is 0 Å². The van der Waals surface area contributed by atoms with E-state index in [0.29, 0.717) is 22.3 Å². The van der Waals surface area contributed by atoms with Gasteiger partial charge in [-0.2, -0.15) is 0 Å². The van der Waals surface area contributed by atoms with Crippen molar-refractivity contribution < 1.29 is 23.5 Å². The van der Waals surface area contributed by atoms with Gasteiger partial charge in [0.25, 0.3) is 0 Å². The maximum atomic E-state index is 12.8. The van der Waals surface area contributed by atoms with Crippen LogP contribution in [-0.2, 0) is 27.3 Å². The highest BCUT2D eigenvalue weighted by atomic mass is 35.5. The number of furan rings is 1. The van der Waals surface area contributed by atoms with Gasteiger partial charge in [0.2, 0.25) is 0 Å². The molecule has 1 heterocycles. The predicted molar refractivity (Wildman–Crippen MR) is 135 cm³/mol. The topological polar surface area (TPSA) is 65.7 Å². The molecule has 35 heavy (non-hydrogen) atoms. The Morgan fingerprint density at radius 3 is 2.63 bits per heavy atom. The molecule has 2 aliphatic rings. The van der Waals surface area contributed by atoms with Crippen LogP contribution in [0.1, 0.15) is 74.1 Å². The Morgan fingerprint density at radius 2 is 1.91 bits per heavy atom. The van der Waals surface area contributed by atoms with Crippen molar-refractivity contribution in [1.82, 2.24) is 0 Å². The van der Waals surface area contributed by atoms with E-state index in [1.54, 1.807) is 30.5 Å². The molecule has 1 aromatic carbocycles. The molecule has 0 N–H and O–H groups in total. The number of rotatable bonds is 7. The van der Waals surface area contributed by atoms with Gasteiger partial charge in [0.15, 0.2) is 0 Å². The average Bonchev–Trinajstić information content (AvgIpc) is 3.29. The highest BCUT2D eigenvalue weighted by molar-refractivity contribution is 6.30. The van der Waals surface area contributed by atoms with E-state index in [1.807, 2.05) is 6.07 Å². The van der Waals surface area contributed by atoms with Crippen LogP contribution in [-0.4, -0.2) is 19.0 Å². The molecule has 0 unspecified atom stereocenters. The second-order valence-corrected chi connectivity index (χ2v) is 11.0. The van der Waals surface area contributed by atoms with Gasteiger partial charge in [-0.25, -0.2) is 4.79 Å². The number of fused-ring (bicyclic) bond motifs is 1. The number of carbonyl (C=O) groups is 2. The molecule has 5 nitrogen and oxygen atoms in total. The third-order valence-electron chi connectivity index (χ3n) is 8.63. The van der Waals surface area contributed by atoms with E-state index >= 15 is 0 Å². The van der Waals surface area contributed by atoms with Crippen molar-refractivity contribution in [2.75, 3.05) is 7.11 Å². The molecule has 2 saturated carbocycles. The van der Waals surface area contributed by atoms with E-state index in [1.165, 1.54) is 12.7 Å². The minimum Gasteiger partial charge on any atom is -0.469 e. The number of carbonyl (C=O) groups excluding carboxylic acids is 2. The number of ether oxygens (including phenoxy) is 2. The minimum atomic E-state index is -0.447. The van der Waals surface area contributed by atoms with Crippen LogP contribution in [0.25, 0.3) is 0 Å². The average molecular weight is 499 g/mol. The SMILES string of the molecule is C=C1CC[C@H]2[C@@](C)(CCC[C@]2(C)C(=O)OC)[C@H]1CCc1ccoc1COC(=O)c1ccc(Cl)cc1. The summed E-state index contributed by atoms with van der Waals surface area (Å²) in [4.78, 5) is 25.2. The number of halogens is 1. The zero-order valence-corrected chi connectivity index (χ0v) is 21.7. The standard InChI is InChI=1S/C29H35ClO5/c1-19-6-13-25-28(2,15-5-16-29(25,3)27(32)33-4)23(19)12-9-20-14-17-34-24(20)18-35-26(31)21-7-10-22(30)11-8-21/h7-8,10-11,14,17,23,25H,1,5-6,9,12-13,15-16,18H2,2-4H3/t23-,25-,28-,29-/m0/s1. The van der Waals surface area contributed by atoms with Crippen molar-refractivity contribution in [3.8, 4) is 0 Å². The van der Waals surface area contributed by atoms with Crippen LogP contribution in [0.5, 0.6) is 0 Å². The zero-order chi connectivity index (χ0) is 25.2. The third-order valence-corrected chi connectivity index (χ3v) is 8.88. The summed E-state index contributed by atoms with van der Waals surface area (Å²) in [5.41, 5.74) is 2.32. The van der Waals surface area contributed by atoms with E-state index in [0.717, 1.165) is 50.5 Å². The van der Waals surface area contributed by atoms with Crippen molar-refractivity contribution >= 4 is 23.5 Å². The molecule has 4 atom stereocenters. The first-order valence-electron chi connectivity index (χ1n) is 12.4. The lowest BCUT2D eigenvalue weighted by atomic mass is 9.46.